The molecule has 4 aliphatic carbocycles. The first-order valence-corrected chi connectivity index (χ1v) is 11.8. The van der Waals surface area contributed by atoms with Crippen LogP contribution in [0.1, 0.15) is 60.8 Å². The van der Waals surface area contributed by atoms with Crippen molar-refractivity contribution in [3.8, 4) is 0 Å². The molecule has 1 spiro atoms. The maximum absolute atomic E-state index is 14.1. The van der Waals surface area contributed by atoms with Crippen molar-refractivity contribution in [3.63, 3.8) is 0 Å². The minimum absolute atomic E-state index is 0.0738. The first kappa shape index (κ1) is 24.4. The number of rotatable bonds is 3. The van der Waals surface area contributed by atoms with Crippen LogP contribution in [0.2, 0.25) is 0 Å². The quantitative estimate of drug-likeness (QED) is 0.350. The van der Waals surface area contributed by atoms with Gasteiger partial charge in [0.15, 0.2) is 24.1 Å². The van der Waals surface area contributed by atoms with Gasteiger partial charge < -0.3 is 14.2 Å². The lowest BCUT2D eigenvalue weighted by molar-refractivity contribution is -0.176. The van der Waals surface area contributed by atoms with Gasteiger partial charge in [0.1, 0.15) is 0 Å². The molecule has 2 saturated carbocycles. The second-order valence-corrected chi connectivity index (χ2v) is 10.6. The number of carbonyl (C=O) groups is 5. The van der Waals surface area contributed by atoms with Crippen LogP contribution in [0.5, 0.6) is 0 Å². The molecular formula is C26H32O8. The molecule has 0 amide bonds. The first-order chi connectivity index (χ1) is 15.8. The molecule has 184 valence electrons. The molecule has 34 heavy (non-hydrogen) atoms. The number of carbonyl (C=O) groups excluding carboxylic acids is 5. The predicted octanol–water partition coefficient (Wildman–Crippen LogP) is 2.88. The van der Waals surface area contributed by atoms with E-state index in [2.05, 4.69) is 6.58 Å². The normalized spacial score (nSPS) is 40.9. The lowest BCUT2D eigenvalue weighted by atomic mass is 9.50. The smallest absolute Gasteiger partial charge is 0.303 e. The fraction of sp³-hybridized carbons (Fsp3) is 0.654. The molecule has 4 rings (SSSR count). The summed E-state index contributed by atoms with van der Waals surface area (Å²) in [5.41, 5.74) is -1.02. The molecule has 0 heterocycles. The van der Waals surface area contributed by atoms with E-state index in [0.29, 0.717) is 12.8 Å². The van der Waals surface area contributed by atoms with E-state index in [1.54, 1.807) is 0 Å². The first-order valence-electron chi connectivity index (χ1n) is 11.8. The third-order valence-corrected chi connectivity index (χ3v) is 8.43. The molecule has 8 nitrogen and oxygen atoms in total. The summed E-state index contributed by atoms with van der Waals surface area (Å²) >= 11 is 0. The zero-order chi connectivity index (χ0) is 25.3. The van der Waals surface area contributed by atoms with E-state index in [-0.39, 0.29) is 28.8 Å². The van der Waals surface area contributed by atoms with Gasteiger partial charge in [-0.05, 0) is 31.1 Å². The molecule has 8 heteroatoms. The zero-order valence-electron chi connectivity index (χ0n) is 20.6. The lowest BCUT2D eigenvalue weighted by Gasteiger charge is -2.55. The van der Waals surface area contributed by atoms with Gasteiger partial charge in [-0.1, -0.05) is 32.9 Å². The van der Waals surface area contributed by atoms with Gasteiger partial charge in [-0.3, -0.25) is 24.0 Å². The Labute approximate surface area is 199 Å². The van der Waals surface area contributed by atoms with Crippen molar-refractivity contribution in [2.24, 2.45) is 28.6 Å². The molecule has 4 aliphatic rings. The fourth-order valence-corrected chi connectivity index (χ4v) is 6.69. The molecule has 0 N–H and O–H groups in total. The van der Waals surface area contributed by atoms with E-state index in [9.17, 15) is 24.0 Å². The molecule has 0 bridgehead atoms. The van der Waals surface area contributed by atoms with Crippen molar-refractivity contribution in [1.82, 2.24) is 0 Å². The topological polar surface area (TPSA) is 113 Å². The Kier molecular flexibility index (Phi) is 5.65. The van der Waals surface area contributed by atoms with Crippen molar-refractivity contribution < 1.29 is 38.2 Å². The monoisotopic (exact) mass is 472 g/mol. The van der Waals surface area contributed by atoms with Gasteiger partial charge in [0.25, 0.3) is 0 Å². The van der Waals surface area contributed by atoms with Gasteiger partial charge in [0.05, 0.1) is 5.41 Å². The van der Waals surface area contributed by atoms with Crippen molar-refractivity contribution >= 4 is 29.5 Å². The van der Waals surface area contributed by atoms with Crippen molar-refractivity contribution in [2.75, 3.05) is 0 Å². The highest BCUT2D eigenvalue weighted by Crippen LogP contribution is 2.66. The van der Waals surface area contributed by atoms with Gasteiger partial charge in [-0.2, -0.15) is 0 Å². The van der Waals surface area contributed by atoms with Crippen molar-refractivity contribution in [1.29, 1.82) is 0 Å². The number of hydrogen-bond donors (Lipinski definition) is 0. The number of fused-ring (bicyclic) bond motifs is 2. The average Bonchev–Trinajstić information content (AvgIpc) is 3.39. The van der Waals surface area contributed by atoms with Gasteiger partial charge in [-0.25, -0.2) is 0 Å². The Hall–Kier alpha value is -2.77. The van der Waals surface area contributed by atoms with Crippen LogP contribution in [0.4, 0.5) is 0 Å². The fourth-order valence-electron chi connectivity index (χ4n) is 6.69. The maximum atomic E-state index is 14.1. The van der Waals surface area contributed by atoms with Crippen LogP contribution in [0.3, 0.4) is 0 Å². The highest BCUT2D eigenvalue weighted by molar-refractivity contribution is 6.20. The van der Waals surface area contributed by atoms with Crippen LogP contribution in [-0.2, 0) is 38.2 Å². The molecule has 8 atom stereocenters. The summed E-state index contributed by atoms with van der Waals surface area (Å²) in [5.74, 6) is -3.35. The standard InChI is InChI=1S/C26H32O8/c1-11-8-9-25(7)18(13(11)3)22(33-15(5)28)21(32-14(4)27)17-19(25)20(30)24(34-16(6)29)26(23(17)31)10-12(26)2/h11-12,18,21-22,24H,3,8-10H2,1-2,4-7H3/t11-,12+,18-,21+,22+,24-,25+,26-/m1/s1. The molecule has 0 aliphatic heterocycles. The third-order valence-electron chi connectivity index (χ3n) is 8.43. The molecule has 0 radical (unpaired) electrons. The molecule has 0 aromatic rings. The second kappa shape index (κ2) is 7.89. The predicted molar refractivity (Wildman–Crippen MR) is 119 cm³/mol. The number of esters is 3. The Balaban J connectivity index is 2.01. The summed E-state index contributed by atoms with van der Waals surface area (Å²) in [7, 11) is 0. The Morgan fingerprint density at radius 2 is 1.53 bits per heavy atom. The summed E-state index contributed by atoms with van der Waals surface area (Å²) < 4.78 is 16.9. The van der Waals surface area contributed by atoms with Crippen LogP contribution in [0.25, 0.3) is 0 Å². The van der Waals surface area contributed by atoms with Crippen molar-refractivity contribution in [3.05, 3.63) is 23.3 Å². The van der Waals surface area contributed by atoms with E-state index in [1.807, 2.05) is 20.8 Å². The average molecular weight is 473 g/mol. The molecular weight excluding hydrogens is 440 g/mol. The highest BCUT2D eigenvalue weighted by Gasteiger charge is 2.73. The van der Waals surface area contributed by atoms with Gasteiger partial charge in [0.2, 0.25) is 5.78 Å². The van der Waals surface area contributed by atoms with Crippen LogP contribution in [0, 0.1) is 28.6 Å². The Morgan fingerprint density at radius 1 is 0.971 bits per heavy atom. The Bertz CT molecular complexity index is 1050. The number of Topliss-reactive ketones (excluding diaryl/α,β-unsaturated/α-hetero) is 2. The van der Waals surface area contributed by atoms with Crippen LogP contribution < -0.4 is 0 Å². The number of hydrogen-bond acceptors (Lipinski definition) is 8. The van der Waals surface area contributed by atoms with E-state index in [4.69, 9.17) is 14.2 Å². The van der Waals surface area contributed by atoms with Gasteiger partial charge >= 0.3 is 17.9 Å². The molecule has 0 unspecified atom stereocenters. The maximum Gasteiger partial charge on any atom is 0.303 e. The largest absolute Gasteiger partial charge is 0.458 e. The number of ether oxygens (including phenoxy) is 3. The van der Waals surface area contributed by atoms with Gasteiger partial charge in [-0.15, -0.1) is 0 Å². The summed E-state index contributed by atoms with van der Waals surface area (Å²) in [5, 5.41) is 0. The molecule has 0 saturated heterocycles. The summed E-state index contributed by atoms with van der Waals surface area (Å²) in [4.78, 5) is 64.5. The lowest BCUT2D eigenvalue weighted by Crippen LogP contribution is -2.62. The summed E-state index contributed by atoms with van der Waals surface area (Å²) in [6.45, 7) is 13.7. The molecule has 0 aromatic carbocycles. The summed E-state index contributed by atoms with van der Waals surface area (Å²) in [6.07, 6.45) is -1.82. The van der Waals surface area contributed by atoms with Crippen LogP contribution >= 0.6 is 0 Å². The van der Waals surface area contributed by atoms with E-state index in [0.717, 1.165) is 12.0 Å². The van der Waals surface area contributed by atoms with Crippen molar-refractivity contribution in [2.45, 2.75) is 79.1 Å². The summed E-state index contributed by atoms with van der Waals surface area (Å²) in [6, 6.07) is 0. The number of ketones is 2. The van der Waals surface area contributed by atoms with Gasteiger partial charge in [0, 0.05) is 43.3 Å². The zero-order valence-corrected chi connectivity index (χ0v) is 20.6. The van der Waals surface area contributed by atoms with E-state index >= 15 is 0 Å². The minimum atomic E-state index is -1.24. The minimum Gasteiger partial charge on any atom is -0.458 e. The second-order valence-electron chi connectivity index (χ2n) is 10.6. The highest BCUT2D eigenvalue weighted by atomic mass is 16.6. The van der Waals surface area contributed by atoms with Crippen LogP contribution in [-0.4, -0.2) is 47.8 Å². The molecule has 0 aromatic heterocycles. The Morgan fingerprint density at radius 3 is 2.03 bits per heavy atom. The SMILES string of the molecule is C=C1[C@H](C)CC[C@]2(C)C3=C(C(=O)[C@]4(C[C@@H]4C)[C@H](OC(C)=O)C3=O)[C@H](OC(C)=O)[C@@H](OC(C)=O)[C@@H]12. The van der Waals surface area contributed by atoms with E-state index < -0.39 is 58.8 Å². The van der Waals surface area contributed by atoms with Crippen LogP contribution in [0.15, 0.2) is 23.3 Å². The molecule has 2 fully saturated rings. The van der Waals surface area contributed by atoms with E-state index in [1.165, 1.54) is 20.8 Å². The third kappa shape index (κ3) is 3.28.